The fraction of sp³-hybridized carbons (Fsp3) is 0.357. The minimum absolute atomic E-state index is 0.0699. The molecule has 1 aromatic carbocycles. The standard InChI is InChI=1S/C14H18N4OS/c1-9(2)15-14-18-17-13(8-20-14)11-4-6-12(7-5-11)16-10(3)19/h4-7,9H,8H2,1-3H3,(H,15,18)(H,16,19). The highest BCUT2D eigenvalue weighted by Crippen LogP contribution is 2.16. The molecule has 1 heterocycles. The Hall–Kier alpha value is -1.82. The monoisotopic (exact) mass is 290 g/mol. The summed E-state index contributed by atoms with van der Waals surface area (Å²) in [5.74, 6) is 0.720. The summed E-state index contributed by atoms with van der Waals surface area (Å²) in [6.45, 7) is 5.57. The molecule has 1 amide bonds. The lowest BCUT2D eigenvalue weighted by Gasteiger charge is -2.15. The van der Waals surface area contributed by atoms with Crippen LogP contribution in [0.1, 0.15) is 26.3 Å². The van der Waals surface area contributed by atoms with Crippen LogP contribution in [0.4, 0.5) is 5.69 Å². The highest BCUT2D eigenvalue weighted by atomic mass is 32.2. The number of thioether (sulfide) groups is 1. The van der Waals surface area contributed by atoms with E-state index in [-0.39, 0.29) is 11.9 Å². The number of nitrogens with one attached hydrogen (secondary N) is 2. The third kappa shape index (κ3) is 4.09. The molecule has 1 aliphatic rings. The molecule has 0 atom stereocenters. The van der Waals surface area contributed by atoms with Gasteiger partial charge in [0.25, 0.3) is 0 Å². The van der Waals surface area contributed by atoms with Gasteiger partial charge in [0.05, 0.1) is 5.71 Å². The van der Waals surface area contributed by atoms with E-state index in [9.17, 15) is 4.79 Å². The predicted molar refractivity (Wildman–Crippen MR) is 85.4 cm³/mol. The molecule has 0 spiro atoms. The SMILES string of the molecule is CC(=O)Nc1ccc(C2=NNC(=NC(C)C)SC2)cc1. The third-order valence-corrected chi connectivity index (χ3v) is 3.43. The van der Waals surface area contributed by atoms with E-state index < -0.39 is 0 Å². The molecule has 6 heteroatoms. The molecule has 0 saturated heterocycles. The first kappa shape index (κ1) is 14.6. The van der Waals surface area contributed by atoms with Gasteiger partial charge in [-0.1, -0.05) is 23.9 Å². The highest BCUT2D eigenvalue weighted by molar-refractivity contribution is 8.14. The molecule has 0 bridgehead atoms. The first-order valence-electron chi connectivity index (χ1n) is 6.46. The van der Waals surface area contributed by atoms with Gasteiger partial charge in [0.2, 0.25) is 5.91 Å². The molecular formula is C14H18N4OS. The fourth-order valence-electron chi connectivity index (χ4n) is 1.71. The summed E-state index contributed by atoms with van der Waals surface area (Å²) < 4.78 is 0. The molecule has 0 fully saturated rings. The zero-order valence-electron chi connectivity index (χ0n) is 11.8. The molecule has 2 rings (SSSR count). The lowest BCUT2D eigenvalue weighted by molar-refractivity contribution is -0.114. The highest BCUT2D eigenvalue weighted by Gasteiger charge is 2.13. The summed E-state index contributed by atoms with van der Waals surface area (Å²) in [5.41, 5.74) is 5.79. The second-order valence-electron chi connectivity index (χ2n) is 4.75. The van der Waals surface area contributed by atoms with Crippen molar-refractivity contribution in [2.24, 2.45) is 10.1 Å². The minimum Gasteiger partial charge on any atom is -0.326 e. The molecule has 1 aromatic rings. The largest absolute Gasteiger partial charge is 0.326 e. The van der Waals surface area contributed by atoms with Gasteiger partial charge in [-0.05, 0) is 31.5 Å². The van der Waals surface area contributed by atoms with Crippen molar-refractivity contribution < 1.29 is 4.79 Å². The Bertz CT molecular complexity index is 549. The number of amides is 1. The van der Waals surface area contributed by atoms with Crippen LogP contribution in [0.2, 0.25) is 0 Å². The summed E-state index contributed by atoms with van der Waals surface area (Å²) in [6, 6.07) is 7.93. The van der Waals surface area contributed by atoms with Gasteiger partial charge in [0.15, 0.2) is 5.17 Å². The third-order valence-electron chi connectivity index (χ3n) is 2.55. The minimum atomic E-state index is -0.0699. The van der Waals surface area contributed by atoms with Crippen LogP contribution < -0.4 is 10.7 Å². The number of nitrogens with zero attached hydrogens (tertiary/aromatic N) is 2. The van der Waals surface area contributed by atoms with Crippen LogP contribution in [0.25, 0.3) is 0 Å². The van der Waals surface area contributed by atoms with Crippen molar-refractivity contribution in [2.45, 2.75) is 26.8 Å². The first-order chi connectivity index (χ1) is 9.54. The van der Waals surface area contributed by atoms with E-state index >= 15 is 0 Å². The first-order valence-corrected chi connectivity index (χ1v) is 7.44. The second kappa shape index (κ2) is 6.56. The summed E-state index contributed by atoms with van der Waals surface area (Å²) in [6.07, 6.45) is 0. The van der Waals surface area contributed by atoms with Crippen LogP contribution in [0.5, 0.6) is 0 Å². The smallest absolute Gasteiger partial charge is 0.221 e. The zero-order valence-corrected chi connectivity index (χ0v) is 12.6. The lowest BCUT2D eigenvalue weighted by Crippen LogP contribution is -2.26. The Morgan fingerprint density at radius 2 is 2.10 bits per heavy atom. The summed E-state index contributed by atoms with van der Waals surface area (Å²) in [7, 11) is 0. The predicted octanol–water partition coefficient (Wildman–Crippen LogP) is 2.45. The molecule has 106 valence electrons. The number of hydrogen-bond donors (Lipinski definition) is 2. The van der Waals surface area contributed by atoms with Gasteiger partial charge in [-0.25, -0.2) is 0 Å². The van der Waals surface area contributed by atoms with Crippen molar-refractivity contribution >= 4 is 34.2 Å². The molecule has 5 nitrogen and oxygen atoms in total. The number of aliphatic imine (C=N–C) groups is 1. The van der Waals surface area contributed by atoms with Gasteiger partial charge in [-0.15, -0.1) is 0 Å². The molecule has 2 N–H and O–H groups in total. The van der Waals surface area contributed by atoms with Gasteiger partial charge in [-0.2, -0.15) is 5.10 Å². The Morgan fingerprint density at radius 1 is 1.40 bits per heavy atom. The van der Waals surface area contributed by atoms with Crippen molar-refractivity contribution in [1.82, 2.24) is 5.43 Å². The van der Waals surface area contributed by atoms with Gasteiger partial charge in [0.1, 0.15) is 0 Å². The number of hydrazone groups is 1. The number of amidine groups is 1. The summed E-state index contributed by atoms with van der Waals surface area (Å²) >= 11 is 1.65. The van der Waals surface area contributed by atoms with E-state index in [4.69, 9.17) is 0 Å². The van der Waals surface area contributed by atoms with Gasteiger partial charge in [0, 0.05) is 24.4 Å². The Kier molecular flexibility index (Phi) is 4.79. The molecule has 1 aliphatic heterocycles. The summed E-state index contributed by atoms with van der Waals surface area (Å²) in [4.78, 5) is 15.4. The van der Waals surface area contributed by atoms with Crippen LogP contribution in [-0.4, -0.2) is 28.6 Å². The van der Waals surface area contributed by atoms with E-state index in [2.05, 4.69) is 20.8 Å². The Morgan fingerprint density at radius 3 is 2.60 bits per heavy atom. The van der Waals surface area contributed by atoms with Gasteiger partial charge in [-0.3, -0.25) is 15.2 Å². The van der Waals surface area contributed by atoms with Crippen LogP contribution in [0, 0.1) is 0 Å². The second-order valence-corrected chi connectivity index (χ2v) is 5.71. The number of carbonyl (C=O) groups excluding carboxylic acids is 1. The van der Waals surface area contributed by atoms with Gasteiger partial charge < -0.3 is 5.32 Å². The lowest BCUT2D eigenvalue weighted by atomic mass is 10.1. The maximum atomic E-state index is 11.0. The summed E-state index contributed by atoms with van der Waals surface area (Å²) in [5, 5.41) is 7.96. The van der Waals surface area contributed by atoms with Crippen LogP contribution in [0.3, 0.4) is 0 Å². The fourth-order valence-corrected chi connectivity index (χ4v) is 2.61. The quantitative estimate of drug-likeness (QED) is 0.898. The number of carbonyl (C=O) groups is 1. The Balaban J connectivity index is 2.06. The Labute approximate surface area is 122 Å². The maximum absolute atomic E-state index is 11.0. The van der Waals surface area contributed by atoms with E-state index in [0.717, 1.165) is 27.9 Å². The zero-order chi connectivity index (χ0) is 14.5. The van der Waals surface area contributed by atoms with Crippen LogP contribution in [-0.2, 0) is 4.79 Å². The average molecular weight is 290 g/mol. The van der Waals surface area contributed by atoms with E-state index in [1.807, 2.05) is 38.1 Å². The molecule has 0 unspecified atom stereocenters. The van der Waals surface area contributed by atoms with E-state index in [1.54, 1.807) is 11.8 Å². The molecule has 0 aromatic heterocycles. The van der Waals surface area contributed by atoms with E-state index in [1.165, 1.54) is 6.92 Å². The molecule has 20 heavy (non-hydrogen) atoms. The number of benzene rings is 1. The number of anilines is 1. The van der Waals surface area contributed by atoms with E-state index in [0.29, 0.717) is 0 Å². The molecular weight excluding hydrogens is 272 g/mol. The van der Waals surface area contributed by atoms with Crippen molar-refractivity contribution in [1.29, 1.82) is 0 Å². The number of hydrogen-bond acceptors (Lipinski definition) is 4. The van der Waals surface area contributed by atoms with Crippen molar-refractivity contribution in [3.63, 3.8) is 0 Å². The molecule has 0 saturated carbocycles. The maximum Gasteiger partial charge on any atom is 0.221 e. The van der Waals surface area contributed by atoms with Gasteiger partial charge >= 0.3 is 0 Å². The molecule has 0 radical (unpaired) electrons. The normalized spacial score (nSPS) is 16.8. The van der Waals surface area contributed by atoms with Crippen molar-refractivity contribution in [3.05, 3.63) is 29.8 Å². The topological polar surface area (TPSA) is 65.8 Å². The van der Waals surface area contributed by atoms with Crippen molar-refractivity contribution in [3.8, 4) is 0 Å². The van der Waals surface area contributed by atoms with Crippen molar-refractivity contribution in [2.75, 3.05) is 11.1 Å². The van der Waals surface area contributed by atoms with Crippen LogP contribution in [0.15, 0.2) is 34.4 Å². The number of rotatable bonds is 3. The average Bonchev–Trinajstić information content (AvgIpc) is 2.39. The van der Waals surface area contributed by atoms with Crippen LogP contribution >= 0.6 is 11.8 Å². The molecule has 0 aliphatic carbocycles.